The minimum atomic E-state index is 0.328. The number of hydrogen-bond acceptors (Lipinski definition) is 4. The van der Waals surface area contributed by atoms with Crippen LogP contribution in [0.25, 0.3) is 0 Å². The SMILES string of the molecule is CCNC(=NCCN1CCN(C(=O)C2CCC2)CC1)N1CCC(N2CC=CC2)C1. The maximum atomic E-state index is 12.4. The van der Waals surface area contributed by atoms with Gasteiger partial charge in [-0.15, -0.1) is 0 Å². The summed E-state index contributed by atoms with van der Waals surface area (Å²) < 4.78 is 0. The first-order valence-electron chi connectivity index (χ1n) is 11.7. The van der Waals surface area contributed by atoms with Crippen LogP contribution in [0.3, 0.4) is 0 Å². The smallest absolute Gasteiger partial charge is 0.225 e. The van der Waals surface area contributed by atoms with Gasteiger partial charge in [0.1, 0.15) is 0 Å². The number of amides is 1. The molecule has 0 bridgehead atoms. The van der Waals surface area contributed by atoms with Crippen LogP contribution >= 0.6 is 0 Å². The summed E-state index contributed by atoms with van der Waals surface area (Å²) in [7, 11) is 0. The largest absolute Gasteiger partial charge is 0.357 e. The Morgan fingerprint density at radius 3 is 2.45 bits per heavy atom. The summed E-state index contributed by atoms with van der Waals surface area (Å²) in [6, 6.07) is 0.648. The molecule has 7 heteroatoms. The molecule has 4 rings (SSSR count). The Morgan fingerprint density at radius 1 is 1.03 bits per heavy atom. The summed E-state index contributed by atoms with van der Waals surface area (Å²) in [5, 5.41) is 3.49. The van der Waals surface area contributed by atoms with Crippen molar-refractivity contribution in [2.24, 2.45) is 10.9 Å². The van der Waals surface area contributed by atoms with E-state index in [2.05, 4.69) is 44.0 Å². The fourth-order valence-electron chi connectivity index (χ4n) is 4.85. The van der Waals surface area contributed by atoms with Gasteiger partial charge in [-0.2, -0.15) is 0 Å². The predicted octanol–water partition coefficient (Wildman–Crippen LogP) is 0.842. The van der Waals surface area contributed by atoms with Crippen molar-refractivity contribution < 1.29 is 4.79 Å². The van der Waals surface area contributed by atoms with Gasteiger partial charge in [-0.25, -0.2) is 0 Å². The van der Waals surface area contributed by atoms with Crippen LogP contribution in [-0.2, 0) is 4.79 Å². The molecule has 7 nitrogen and oxygen atoms in total. The molecular weight excluding hydrogens is 364 g/mol. The number of rotatable bonds is 6. The highest BCUT2D eigenvalue weighted by Gasteiger charge is 2.31. The second kappa shape index (κ2) is 9.94. The molecule has 1 N–H and O–H groups in total. The highest BCUT2D eigenvalue weighted by molar-refractivity contribution is 5.80. The topological polar surface area (TPSA) is 54.4 Å². The summed E-state index contributed by atoms with van der Waals surface area (Å²) in [6.45, 7) is 13.0. The number of nitrogens with zero attached hydrogens (tertiary/aromatic N) is 5. The van der Waals surface area contributed by atoms with E-state index in [1.165, 1.54) is 12.8 Å². The molecule has 2 saturated heterocycles. The van der Waals surface area contributed by atoms with E-state index < -0.39 is 0 Å². The second-order valence-electron chi connectivity index (χ2n) is 8.84. The highest BCUT2D eigenvalue weighted by atomic mass is 16.2. The number of piperazine rings is 1. The lowest BCUT2D eigenvalue weighted by Gasteiger charge is -2.38. The van der Waals surface area contributed by atoms with Crippen molar-refractivity contribution in [2.45, 2.75) is 38.6 Å². The first kappa shape index (κ1) is 20.7. The van der Waals surface area contributed by atoms with Gasteiger partial charge in [-0.05, 0) is 26.2 Å². The lowest BCUT2D eigenvalue weighted by Crippen LogP contribution is -2.51. The molecule has 0 aromatic carbocycles. The molecule has 0 radical (unpaired) electrons. The number of carbonyl (C=O) groups excluding carboxylic acids is 1. The normalized spacial score (nSPS) is 26.9. The third kappa shape index (κ3) is 5.12. The summed E-state index contributed by atoms with van der Waals surface area (Å²) in [5.41, 5.74) is 0. The third-order valence-corrected chi connectivity index (χ3v) is 6.98. The molecule has 3 fully saturated rings. The summed E-state index contributed by atoms with van der Waals surface area (Å²) >= 11 is 0. The molecule has 0 aromatic rings. The van der Waals surface area contributed by atoms with E-state index in [9.17, 15) is 4.79 Å². The fraction of sp³-hybridized carbons (Fsp3) is 0.818. The van der Waals surface area contributed by atoms with E-state index in [1.54, 1.807) is 0 Å². The van der Waals surface area contributed by atoms with Crippen LogP contribution in [0.15, 0.2) is 17.1 Å². The van der Waals surface area contributed by atoms with E-state index in [0.29, 0.717) is 17.9 Å². The molecule has 1 amide bonds. The molecule has 162 valence electrons. The van der Waals surface area contributed by atoms with Gasteiger partial charge in [0.15, 0.2) is 5.96 Å². The van der Waals surface area contributed by atoms with Gasteiger partial charge in [-0.3, -0.25) is 19.6 Å². The number of hydrogen-bond donors (Lipinski definition) is 1. The minimum Gasteiger partial charge on any atom is -0.357 e. The third-order valence-electron chi connectivity index (χ3n) is 6.98. The maximum absolute atomic E-state index is 12.4. The summed E-state index contributed by atoms with van der Waals surface area (Å²) in [6.07, 6.45) is 9.22. The standard InChI is InChI=1S/C22H38N6O/c1-2-23-22(28-12-8-20(18-28)26-10-3-4-11-26)24-9-13-25-14-16-27(17-15-25)21(29)19-6-5-7-19/h3-4,19-20H,2,5-18H2,1H3,(H,23,24). The van der Waals surface area contributed by atoms with Gasteiger partial charge >= 0.3 is 0 Å². The van der Waals surface area contributed by atoms with Crippen molar-refractivity contribution in [3.8, 4) is 0 Å². The van der Waals surface area contributed by atoms with Crippen LogP contribution in [0.1, 0.15) is 32.6 Å². The molecule has 4 aliphatic rings. The van der Waals surface area contributed by atoms with Crippen LogP contribution in [0.2, 0.25) is 0 Å². The van der Waals surface area contributed by atoms with Crippen molar-refractivity contribution in [3.05, 3.63) is 12.2 Å². The van der Waals surface area contributed by atoms with Crippen molar-refractivity contribution in [3.63, 3.8) is 0 Å². The summed E-state index contributed by atoms with van der Waals surface area (Å²) in [5.74, 6) is 1.80. The average Bonchev–Trinajstić information content (AvgIpc) is 3.38. The molecule has 0 spiro atoms. The fourth-order valence-corrected chi connectivity index (χ4v) is 4.85. The first-order chi connectivity index (χ1) is 14.2. The van der Waals surface area contributed by atoms with Gasteiger partial charge in [-0.1, -0.05) is 18.6 Å². The zero-order chi connectivity index (χ0) is 20.1. The van der Waals surface area contributed by atoms with Gasteiger partial charge in [0.25, 0.3) is 0 Å². The van der Waals surface area contributed by atoms with Gasteiger partial charge < -0.3 is 15.1 Å². The van der Waals surface area contributed by atoms with Gasteiger partial charge in [0.2, 0.25) is 5.91 Å². The molecule has 1 saturated carbocycles. The number of carbonyl (C=O) groups is 1. The van der Waals surface area contributed by atoms with Gasteiger partial charge in [0, 0.05) is 77.4 Å². The van der Waals surface area contributed by atoms with Crippen molar-refractivity contribution in [2.75, 3.05) is 72.0 Å². The van der Waals surface area contributed by atoms with E-state index in [-0.39, 0.29) is 0 Å². The van der Waals surface area contributed by atoms with Crippen molar-refractivity contribution >= 4 is 11.9 Å². The Kier molecular flexibility index (Phi) is 7.08. The van der Waals surface area contributed by atoms with E-state index in [4.69, 9.17) is 4.99 Å². The van der Waals surface area contributed by atoms with Crippen LogP contribution in [0, 0.1) is 5.92 Å². The lowest BCUT2D eigenvalue weighted by molar-refractivity contribution is -0.139. The monoisotopic (exact) mass is 402 g/mol. The summed E-state index contributed by atoms with van der Waals surface area (Å²) in [4.78, 5) is 26.9. The predicted molar refractivity (Wildman–Crippen MR) is 117 cm³/mol. The highest BCUT2D eigenvalue weighted by Crippen LogP contribution is 2.28. The van der Waals surface area contributed by atoms with Crippen LogP contribution in [0.4, 0.5) is 0 Å². The quantitative estimate of drug-likeness (QED) is 0.405. The van der Waals surface area contributed by atoms with Crippen molar-refractivity contribution in [1.29, 1.82) is 0 Å². The van der Waals surface area contributed by atoms with Crippen LogP contribution in [0.5, 0.6) is 0 Å². The number of likely N-dealkylation sites (tertiary alicyclic amines) is 1. The number of aliphatic imine (C=N–C) groups is 1. The first-order valence-corrected chi connectivity index (χ1v) is 11.7. The Balaban J connectivity index is 1.20. The molecule has 29 heavy (non-hydrogen) atoms. The Labute approximate surface area is 175 Å². The van der Waals surface area contributed by atoms with E-state index >= 15 is 0 Å². The molecule has 3 aliphatic heterocycles. The van der Waals surface area contributed by atoms with Gasteiger partial charge in [0.05, 0.1) is 6.54 Å². The minimum absolute atomic E-state index is 0.328. The van der Waals surface area contributed by atoms with Crippen LogP contribution in [-0.4, -0.2) is 110 Å². The Morgan fingerprint density at radius 2 is 1.79 bits per heavy atom. The average molecular weight is 403 g/mol. The molecule has 1 atom stereocenters. The second-order valence-corrected chi connectivity index (χ2v) is 8.84. The molecule has 0 aromatic heterocycles. The molecule has 3 heterocycles. The number of nitrogens with one attached hydrogen (secondary N) is 1. The molecule has 1 aliphatic carbocycles. The molecular formula is C22H38N6O. The maximum Gasteiger partial charge on any atom is 0.225 e. The number of guanidine groups is 1. The zero-order valence-electron chi connectivity index (χ0n) is 18.1. The van der Waals surface area contributed by atoms with E-state index in [0.717, 1.165) is 90.8 Å². The molecule has 1 unspecified atom stereocenters. The van der Waals surface area contributed by atoms with E-state index in [1.807, 2.05) is 0 Å². The van der Waals surface area contributed by atoms with Crippen molar-refractivity contribution in [1.82, 2.24) is 24.9 Å². The zero-order valence-corrected chi connectivity index (χ0v) is 18.1. The Bertz CT molecular complexity index is 600. The van der Waals surface area contributed by atoms with Crippen LogP contribution < -0.4 is 5.32 Å². The Hall–Kier alpha value is -1.60. The lowest BCUT2D eigenvalue weighted by atomic mass is 9.84.